The van der Waals surface area contributed by atoms with Gasteiger partial charge in [0.2, 0.25) is 0 Å². The molecule has 0 aliphatic carbocycles. The third-order valence-electron chi connectivity index (χ3n) is 6.53. The maximum absolute atomic E-state index is 14.3. The molecule has 14 heteroatoms. The minimum absolute atomic E-state index is 0.0423. The number of para-hydroxylation sites is 1. The number of ether oxygens (including phenoxy) is 2. The van der Waals surface area contributed by atoms with Crippen LogP contribution in [0, 0.1) is 10.1 Å². The number of thiazole rings is 1. The second-order valence-electron chi connectivity index (χ2n) is 9.36. The average molecular weight is 644 g/mol. The van der Waals surface area contributed by atoms with E-state index in [9.17, 15) is 32.9 Å². The SMILES string of the molecule is CCOC(=O)C1=C(C(F)(F)F)N=c2s/c(=C/c3ccccc3OCc3ccc([N+](=O)[O-])cc3)c(=O)n2[C@@H]1c1ccc(Cl)cc1. The van der Waals surface area contributed by atoms with Gasteiger partial charge in [-0.25, -0.2) is 9.79 Å². The molecule has 1 atom stereocenters. The van der Waals surface area contributed by atoms with E-state index in [0.29, 0.717) is 21.9 Å². The lowest BCUT2D eigenvalue weighted by Gasteiger charge is -2.26. The van der Waals surface area contributed by atoms with Gasteiger partial charge in [-0.1, -0.05) is 53.3 Å². The van der Waals surface area contributed by atoms with E-state index in [4.69, 9.17) is 21.1 Å². The van der Waals surface area contributed by atoms with Gasteiger partial charge in [-0.2, -0.15) is 13.2 Å². The van der Waals surface area contributed by atoms with Gasteiger partial charge in [0.05, 0.1) is 27.7 Å². The Labute approximate surface area is 255 Å². The zero-order valence-electron chi connectivity index (χ0n) is 22.7. The van der Waals surface area contributed by atoms with Gasteiger partial charge in [-0.05, 0) is 54.5 Å². The van der Waals surface area contributed by atoms with E-state index in [1.807, 2.05) is 0 Å². The van der Waals surface area contributed by atoms with Crippen LogP contribution >= 0.6 is 22.9 Å². The first-order valence-corrected chi connectivity index (χ1v) is 14.2. The molecule has 9 nitrogen and oxygen atoms in total. The quantitative estimate of drug-likeness (QED) is 0.143. The predicted molar refractivity (Wildman–Crippen MR) is 156 cm³/mol. The van der Waals surface area contributed by atoms with Gasteiger partial charge in [-0.3, -0.25) is 19.5 Å². The van der Waals surface area contributed by atoms with Crippen molar-refractivity contribution < 1.29 is 32.4 Å². The van der Waals surface area contributed by atoms with Crippen LogP contribution in [0.3, 0.4) is 0 Å². The lowest BCUT2D eigenvalue weighted by molar-refractivity contribution is -0.384. The summed E-state index contributed by atoms with van der Waals surface area (Å²) in [5, 5.41) is 11.2. The van der Waals surface area contributed by atoms with Crippen LogP contribution in [-0.2, 0) is 16.1 Å². The molecule has 4 aromatic rings. The van der Waals surface area contributed by atoms with Crippen molar-refractivity contribution >= 4 is 40.7 Å². The number of hydrogen-bond acceptors (Lipinski definition) is 8. The lowest BCUT2D eigenvalue weighted by Crippen LogP contribution is -2.41. The fourth-order valence-electron chi connectivity index (χ4n) is 4.55. The van der Waals surface area contributed by atoms with E-state index in [0.717, 1.165) is 15.9 Å². The second kappa shape index (κ2) is 12.5. The number of carbonyl (C=O) groups excluding carboxylic acids is 1. The first kappa shape index (κ1) is 30.7. The van der Waals surface area contributed by atoms with Crippen LogP contribution < -0.4 is 19.6 Å². The molecule has 0 unspecified atom stereocenters. The Balaban J connectivity index is 1.62. The van der Waals surface area contributed by atoms with Crippen LogP contribution in [-0.4, -0.2) is 28.2 Å². The van der Waals surface area contributed by atoms with Crippen molar-refractivity contribution in [3.8, 4) is 5.75 Å². The van der Waals surface area contributed by atoms with Crippen LogP contribution in [0.2, 0.25) is 5.02 Å². The molecular formula is C30H21ClF3N3O6S. The van der Waals surface area contributed by atoms with Crippen molar-refractivity contribution in [1.82, 2.24) is 4.57 Å². The standard InChI is InChI=1S/C30H21ClF3N3O6S/c1-2-42-28(39)24-25(18-9-11-20(31)12-10-18)36-27(38)23(44-29(36)35-26(24)30(32,33)34)15-19-5-3-4-6-22(19)43-16-17-7-13-21(14-8-17)37(40)41/h3-15,25H,2,16H2,1H3/b23-15+/t25-/m1/s1. The molecule has 0 fully saturated rings. The number of alkyl halides is 3. The van der Waals surface area contributed by atoms with Crippen LogP contribution in [0.5, 0.6) is 5.75 Å². The number of non-ortho nitro benzene ring substituents is 1. The summed E-state index contributed by atoms with van der Waals surface area (Å²) >= 11 is 6.74. The third-order valence-corrected chi connectivity index (χ3v) is 7.76. The molecule has 0 saturated heterocycles. The molecule has 0 amide bonds. The first-order valence-electron chi connectivity index (χ1n) is 13.0. The molecule has 3 aromatic carbocycles. The molecule has 0 radical (unpaired) electrons. The van der Waals surface area contributed by atoms with E-state index in [-0.39, 0.29) is 33.8 Å². The Bertz CT molecular complexity index is 1950. The fraction of sp³-hybridized carbons (Fsp3) is 0.167. The molecule has 1 aliphatic rings. The number of nitro groups is 1. The van der Waals surface area contributed by atoms with Crippen LogP contribution in [0.4, 0.5) is 18.9 Å². The molecule has 0 spiro atoms. The van der Waals surface area contributed by atoms with E-state index in [2.05, 4.69) is 4.99 Å². The van der Waals surface area contributed by atoms with Crippen molar-refractivity contribution in [3.05, 3.63) is 136 Å². The minimum Gasteiger partial charge on any atom is -0.488 e. The average Bonchev–Trinajstić information content (AvgIpc) is 3.30. The highest BCUT2D eigenvalue weighted by Gasteiger charge is 2.45. The maximum atomic E-state index is 14.3. The molecule has 44 heavy (non-hydrogen) atoms. The van der Waals surface area contributed by atoms with E-state index >= 15 is 0 Å². The lowest BCUT2D eigenvalue weighted by atomic mass is 9.95. The zero-order chi connectivity index (χ0) is 31.6. The van der Waals surface area contributed by atoms with E-state index in [1.165, 1.54) is 49.4 Å². The van der Waals surface area contributed by atoms with Crippen molar-refractivity contribution in [3.63, 3.8) is 0 Å². The van der Waals surface area contributed by atoms with Crippen LogP contribution in [0.1, 0.15) is 29.7 Å². The Morgan fingerprint density at radius 3 is 2.43 bits per heavy atom. The highest BCUT2D eigenvalue weighted by atomic mass is 35.5. The summed E-state index contributed by atoms with van der Waals surface area (Å²) in [6.45, 7) is 1.32. The van der Waals surface area contributed by atoms with Crippen molar-refractivity contribution in [1.29, 1.82) is 0 Å². The largest absolute Gasteiger partial charge is 0.488 e. The van der Waals surface area contributed by atoms with Gasteiger partial charge < -0.3 is 9.47 Å². The molecule has 5 rings (SSSR count). The normalized spacial score (nSPS) is 15.0. The fourth-order valence-corrected chi connectivity index (χ4v) is 5.67. The summed E-state index contributed by atoms with van der Waals surface area (Å²) in [4.78, 5) is 40.7. The van der Waals surface area contributed by atoms with Gasteiger partial charge in [0.15, 0.2) is 10.5 Å². The Morgan fingerprint density at radius 1 is 1.11 bits per heavy atom. The van der Waals surface area contributed by atoms with Gasteiger partial charge in [0.25, 0.3) is 11.2 Å². The minimum atomic E-state index is -5.03. The van der Waals surface area contributed by atoms with E-state index < -0.39 is 39.9 Å². The topological polar surface area (TPSA) is 113 Å². The Kier molecular flexibility index (Phi) is 8.70. The highest BCUT2D eigenvalue weighted by Crippen LogP contribution is 2.38. The Hall–Kier alpha value is -4.75. The van der Waals surface area contributed by atoms with E-state index in [1.54, 1.807) is 36.4 Å². The monoisotopic (exact) mass is 643 g/mol. The summed E-state index contributed by atoms with van der Waals surface area (Å²) in [7, 11) is 0. The molecule has 2 heterocycles. The van der Waals surface area contributed by atoms with Crippen LogP contribution in [0.25, 0.3) is 6.08 Å². The third kappa shape index (κ3) is 6.29. The number of benzene rings is 3. The molecule has 0 bridgehead atoms. The number of esters is 1. The summed E-state index contributed by atoms with van der Waals surface area (Å²) in [6.07, 6.45) is -3.56. The van der Waals surface area contributed by atoms with Gasteiger partial charge in [-0.15, -0.1) is 0 Å². The van der Waals surface area contributed by atoms with Crippen LogP contribution in [0.15, 0.2) is 93.9 Å². The number of nitro benzene ring substituents is 1. The molecule has 0 N–H and O–H groups in total. The number of hydrogen-bond donors (Lipinski definition) is 0. The first-order chi connectivity index (χ1) is 21.0. The van der Waals surface area contributed by atoms with Crippen molar-refractivity contribution in [2.24, 2.45) is 4.99 Å². The zero-order valence-corrected chi connectivity index (χ0v) is 24.3. The second-order valence-corrected chi connectivity index (χ2v) is 10.8. The van der Waals surface area contributed by atoms with Gasteiger partial charge >= 0.3 is 12.1 Å². The van der Waals surface area contributed by atoms with Gasteiger partial charge in [0, 0.05) is 22.7 Å². The highest BCUT2D eigenvalue weighted by molar-refractivity contribution is 7.07. The summed E-state index contributed by atoms with van der Waals surface area (Å²) in [5.74, 6) is -0.892. The summed E-state index contributed by atoms with van der Waals surface area (Å²) in [5.41, 5.74) is -1.71. The molecular weight excluding hydrogens is 623 g/mol. The van der Waals surface area contributed by atoms with Crippen molar-refractivity contribution in [2.75, 3.05) is 6.61 Å². The molecule has 226 valence electrons. The van der Waals surface area contributed by atoms with Crippen molar-refractivity contribution in [2.45, 2.75) is 25.7 Å². The predicted octanol–water partition coefficient (Wildman–Crippen LogP) is 5.48. The number of nitrogens with zero attached hydrogens (tertiary/aromatic N) is 3. The number of rotatable bonds is 8. The molecule has 1 aliphatic heterocycles. The number of aromatic nitrogens is 1. The number of allylic oxidation sites excluding steroid dienone is 1. The number of fused-ring (bicyclic) bond motifs is 1. The molecule has 0 saturated carbocycles. The summed E-state index contributed by atoms with van der Waals surface area (Å²) in [6, 6.07) is 16.8. The smallest absolute Gasteiger partial charge is 0.434 e. The number of carbonyl (C=O) groups is 1. The number of halogens is 4. The Morgan fingerprint density at radius 2 is 1.80 bits per heavy atom. The van der Waals surface area contributed by atoms with Gasteiger partial charge in [0.1, 0.15) is 12.4 Å². The maximum Gasteiger partial charge on any atom is 0.434 e. The molecule has 1 aromatic heterocycles. The summed E-state index contributed by atoms with van der Waals surface area (Å²) < 4.78 is 54.9.